The van der Waals surface area contributed by atoms with Crippen molar-refractivity contribution < 1.29 is 9.18 Å². The lowest BCUT2D eigenvalue weighted by Crippen LogP contribution is -2.27. The summed E-state index contributed by atoms with van der Waals surface area (Å²) in [5.74, 6) is -0.624. The molecule has 0 aliphatic carbocycles. The molecule has 4 aromatic rings. The Labute approximate surface area is 197 Å². The maximum atomic E-state index is 13.3. The van der Waals surface area contributed by atoms with Gasteiger partial charge in [0, 0.05) is 18.0 Å². The zero-order chi connectivity index (χ0) is 22.5. The maximum Gasteiger partial charge on any atom is 0.262 e. The smallest absolute Gasteiger partial charge is 0.262 e. The molecule has 5 nitrogen and oxygen atoms in total. The van der Waals surface area contributed by atoms with Gasteiger partial charge < -0.3 is 5.32 Å². The fourth-order valence-electron chi connectivity index (χ4n) is 3.16. The summed E-state index contributed by atoms with van der Waals surface area (Å²) in [6.45, 7) is 0.713. The first-order valence-electron chi connectivity index (χ1n) is 9.86. The molecule has 0 fully saturated rings. The van der Waals surface area contributed by atoms with E-state index in [0.717, 1.165) is 0 Å². The van der Waals surface area contributed by atoms with Gasteiger partial charge in [0.2, 0.25) is 5.91 Å². The van der Waals surface area contributed by atoms with Crippen LogP contribution in [0.2, 0.25) is 5.02 Å². The number of hydrogen-bond acceptors (Lipinski definition) is 5. The number of fused-ring (bicyclic) bond motifs is 1. The topological polar surface area (TPSA) is 64.0 Å². The van der Waals surface area contributed by atoms with Gasteiger partial charge in [-0.15, -0.1) is 11.3 Å². The van der Waals surface area contributed by atoms with Crippen molar-refractivity contribution in [2.24, 2.45) is 0 Å². The van der Waals surface area contributed by atoms with Crippen molar-refractivity contribution in [1.82, 2.24) is 14.9 Å². The molecule has 9 heteroatoms. The molecule has 0 bridgehead atoms. The molecule has 0 saturated heterocycles. The Morgan fingerprint density at radius 2 is 2.03 bits per heavy atom. The Hall–Kier alpha value is -2.68. The van der Waals surface area contributed by atoms with Crippen LogP contribution in [0.1, 0.15) is 10.4 Å². The van der Waals surface area contributed by atoms with Gasteiger partial charge in [-0.1, -0.05) is 47.6 Å². The molecule has 0 saturated carbocycles. The molecule has 164 valence electrons. The third kappa shape index (κ3) is 5.38. The van der Waals surface area contributed by atoms with Crippen molar-refractivity contribution in [2.75, 3.05) is 5.75 Å². The zero-order valence-electron chi connectivity index (χ0n) is 16.9. The van der Waals surface area contributed by atoms with Crippen molar-refractivity contribution in [3.8, 4) is 0 Å². The first-order chi connectivity index (χ1) is 15.5. The van der Waals surface area contributed by atoms with E-state index in [0.29, 0.717) is 34.6 Å². The zero-order valence-corrected chi connectivity index (χ0v) is 19.3. The average molecular weight is 488 g/mol. The molecule has 1 N–H and O–H groups in total. The van der Waals surface area contributed by atoms with Crippen LogP contribution in [0.5, 0.6) is 0 Å². The summed E-state index contributed by atoms with van der Waals surface area (Å²) < 4.78 is 14.9. The van der Waals surface area contributed by atoms with Gasteiger partial charge in [-0.2, -0.15) is 0 Å². The van der Waals surface area contributed by atoms with Crippen LogP contribution in [0.4, 0.5) is 4.39 Å². The third-order valence-corrected chi connectivity index (χ3v) is 7.00. The van der Waals surface area contributed by atoms with Gasteiger partial charge in [-0.25, -0.2) is 9.37 Å². The van der Waals surface area contributed by atoms with E-state index in [2.05, 4.69) is 10.3 Å². The van der Waals surface area contributed by atoms with Crippen LogP contribution in [0.25, 0.3) is 10.9 Å². The predicted molar refractivity (Wildman–Crippen MR) is 128 cm³/mol. The van der Waals surface area contributed by atoms with E-state index in [1.165, 1.54) is 28.8 Å². The summed E-state index contributed by atoms with van der Waals surface area (Å²) >= 11 is 8.65. The number of thiophene rings is 1. The van der Waals surface area contributed by atoms with Crippen LogP contribution < -0.4 is 10.9 Å². The fraction of sp³-hybridized carbons (Fsp3) is 0.174. The standard InChI is InChI=1S/C23H19ClFN3O2S2/c24-18-12-15(7-8-19(18)25)13-26-21(29)14-32-23-27-20-6-2-1-5-17(20)22(30)28(23)10-9-16-4-3-11-31-16/h1-8,11-12H,9-10,13-14H2,(H,26,29). The van der Waals surface area contributed by atoms with Gasteiger partial charge in [0.15, 0.2) is 5.16 Å². The highest BCUT2D eigenvalue weighted by Gasteiger charge is 2.14. The highest BCUT2D eigenvalue weighted by molar-refractivity contribution is 7.99. The summed E-state index contributed by atoms with van der Waals surface area (Å²) in [5.41, 5.74) is 1.19. The number of aryl methyl sites for hydroxylation is 1. The molecular weight excluding hydrogens is 469 g/mol. The number of carbonyl (C=O) groups is 1. The summed E-state index contributed by atoms with van der Waals surface area (Å²) in [7, 11) is 0. The van der Waals surface area contributed by atoms with E-state index in [-0.39, 0.29) is 28.8 Å². The number of nitrogens with one attached hydrogen (secondary N) is 1. The molecule has 32 heavy (non-hydrogen) atoms. The number of hydrogen-bond donors (Lipinski definition) is 1. The molecule has 0 atom stereocenters. The average Bonchev–Trinajstić information content (AvgIpc) is 3.31. The Morgan fingerprint density at radius 1 is 1.19 bits per heavy atom. The monoisotopic (exact) mass is 487 g/mol. The van der Waals surface area contributed by atoms with E-state index >= 15 is 0 Å². The lowest BCUT2D eigenvalue weighted by Gasteiger charge is -2.13. The van der Waals surface area contributed by atoms with E-state index in [1.54, 1.807) is 34.1 Å². The first kappa shape index (κ1) is 22.5. The summed E-state index contributed by atoms with van der Waals surface area (Å²) in [5, 5.41) is 5.87. The molecule has 2 aromatic heterocycles. The van der Waals surface area contributed by atoms with E-state index in [4.69, 9.17) is 11.6 Å². The number of amides is 1. The van der Waals surface area contributed by atoms with E-state index < -0.39 is 5.82 Å². The number of benzene rings is 2. The van der Waals surface area contributed by atoms with Gasteiger partial charge in [0.1, 0.15) is 5.82 Å². The van der Waals surface area contributed by atoms with Crippen molar-refractivity contribution in [1.29, 1.82) is 0 Å². The Kier molecular flexibility index (Phi) is 7.24. The molecular formula is C23H19ClFN3O2S2. The van der Waals surface area contributed by atoms with Crippen LogP contribution in [-0.4, -0.2) is 21.2 Å². The molecule has 0 spiro atoms. The quantitative estimate of drug-likeness (QED) is 0.283. The van der Waals surface area contributed by atoms with Gasteiger partial charge in [0.25, 0.3) is 5.56 Å². The van der Waals surface area contributed by atoms with E-state index in [9.17, 15) is 14.0 Å². The molecule has 2 heterocycles. The van der Waals surface area contributed by atoms with Crippen molar-refractivity contribution in [3.05, 3.63) is 91.6 Å². The van der Waals surface area contributed by atoms with Crippen LogP contribution in [0.3, 0.4) is 0 Å². The van der Waals surface area contributed by atoms with Crippen molar-refractivity contribution in [3.63, 3.8) is 0 Å². The molecule has 0 radical (unpaired) electrons. The molecule has 0 aliphatic rings. The number of halogens is 2. The highest BCUT2D eigenvalue weighted by atomic mass is 35.5. The fourth-order valence-corrected chi connectivity index (χ4v) is 4.92. The van der Waals surface area contributed by atoms with Crippen LogP contribution >= 0.6 is 34.7 Å². The second-order valence-electron chi connectivity index (χ2n) is 7.01. The summed E-state index contributed by atoms with van der Waals surface area (Å²) in [4.78, 5) is 31.3. The highest BCUT2D eigenvalue weighted by Crippen LogP contribution is 2.20. The van der Waals surface area contributed by atoms with E-state index in [1.807, 2.05) is 29.6 Å². The lowest BCUT2D eigenvalue weighted by atomic mass is 10.2. The minimum atomic E-state index is -0.500. The largest absolute Gasteiger partial charge is 0.351 e. The van der Waals surface area contributed by atoms with Crippen LogP contribution in [0, 0.1) is 5.82 Å². The number of para-hydroxylation sites is 1. The molecule has 0 aliphatic heterocycles. The molecule has 2 aromatic carbocycles. The number of aromatic nitrogens is 2. The number of carbonyl (C=O) groups excluding carboxylic acids is 1. The van der Waals surface area contributed by atoms with Gasteiger partial charge in [0.05, 0.1) is 21.7 Å². The number of thioether (sulfide) groups is 1. The normalized spacial score (nSPS) is 11.1. The minimum Gasteiger partial charge on any atom is -0.351 e. The number of nitrogens with zero attached hydrogens (tertiary/aromatic N) is 2. The maximum absolute atomic E-state index is 13.3. The second kappa shape index (κ2) is 10.3. The number of rotatable bonds is 8. The van der Waals surface area contributed by atoms with Gasteiger partial charge in [-0.05, 0) is 47.7 Å². The predicted octanol–water partition coefficient (Wildman–Crippen LogP) is 4.90. The summed E-state index contributed by atoms with van der Waals surface area (Å²) in [6.07, 6.45) is 0.711. The molecule has 0 unspecified atom stereocenters. The first-order valence-corrected chi connectivity index (χ1v) is 12.1. The third-order valence-electron chi connectivity index (χ3n) is 4.79. The van der Waals surface area contributed by atoms with Crippen molar-refractivity contribution in [2.45, 2.75) is 24.7 Å². The SMILES string of the molecule is O=C(CSc1nc2ccccc2c(=O)n1CCc1cccs1)NCc1ccc(F)c(Cl)c1. The molecule has 4 rings (SSSR count). The minimum absolute atomic E-state index is 0.0150. The Bertz CT molecular complexity index is 1310. The Morgan fingerprint density at radius 3 is 2.81 bits per heavy atom. The van der Waals surface area contributed by atoms with Crippen LogP contribution in [-0.2, 0) is 24.3 Å². The second-order valence-corrected chi connectivity index (χ2v) is 9.39. The van der Waals surface area contributed by atoms with Crippen LogP contribution in [0.15, 0.2) is 69.9 Å². The Balaban J connectivity index is 1.48. The van der Waals surface area contributed by atoms with Gasteiger partial charge in [-0.3, -0.25) is 14.2 Å². The summed E-state index contributed by atoms with van der Waals surface area (Å²) in [6, 6.07) is 15.5. The molecule has 1 amide bonds. The van der Waals surface area contributed by atoms with Crippen molar-refractivity contribution >= 4 is 51.5 Å². The van der Waals surface area contributed by atoms with Gasteiger partial charge >= 0.3 is 0 Å². The lowest BCUT2D eigenvalue weighted by molar-refractivity contribution is -0.118.